The maximum atomic E-state index is 12.2. The molecule has 3 nitrogen and oxygen atoms in total. The Morgan fingerprint density at radius 3 is 2.72 bits per heavy atom. The van der Waals surface area contributed by atoms with Crippen molar-refractivity contribution in [2.24, 2.45) is 5.92 Å². The molecule has 5 heteroatoms. The SMILES string of the molecule is Cc1ccsc1C(=O)N(C)CC1CCNCC1.Cl. The first-order valence-corrected chi connectivity index (χ1v) is 7.06. The number of amides is 1. The van der Waals surface area contributed by atoms with Gasteiger partial charge in [-0.1, -0.05) is 0 Å². The van der Waals surface area contributed by atoms with Crippen LogP contribution in [0.1, 0.15) is 28.1 Å². The minimum Gasteiger partial charge on any atom is -0.341 e. The molecule has 1 aromatic rings. The van der Waals surface area contributed by atoms with Gasteiger partial charge in [0, 0.05) is 13.6 Å². The summed E-state index contributed by atoms with van der Waals surface area (Å²) in [4.78, 5) is 15.0. The van der Waals surface area contributed by atoms with Gasteiger partial charge < -0.3 is 10.2 Å². The summed E-state index contributed by atoms with van der Waals surface area (Å²) >= 11 is 1.54. The van der Waals surface area contributed by atoms with Gasteiger partial charge in [-0.25, -0.2) is 0 Å². The van der Waals surface area contributed by atoms with Crippen LogP contribution in [0.3, 0.4) is 0 Å². The van der Waals surface area contributed by atoms with E-state index in [4.69, 9.17) is 0 Å². The first kappa shape index (κ1) is 15.5. The second kappa shape index (κ2) is 7.12. The molecule has 1 N–H and O–H groups in total. The molecule has 102 valence electrons. The number of rotatable bonds is 3. The van der Waals surface area contributed by atoms with Crippen LogP contribution in [-0.2, 0) is 0 Å². The van der Waals surface area contributed by atoms with Crippen molar-refractivity contribution in [3.05, 3.63) is 21.9 Å². The number of nitrogens with one attached hydrogen (secondary N) is 1. The molecule has 0 aliphatic carbocycles. The summed E-state index contributed by atoms with van der Waals surface area (Å²) in [5, 5.41) is 5.34. The molecule has 1 aliphatic heterocycles. The molecule has 0 atom stereocenters. The van der Waals surface area contributed by atoms with Crippen molar-refractivity contribution in [3.63, 3.8) is 0 Å². The van der Waals surface area contributed by atoms with Crippen LogP contribution in [0.5, 0.6) is 0 Å². The number of nitrogens with zero attached hydrogens (tertiary/aromatic N) is 1. The van der Waals surface area contributed by atoms with E-state index in [9.17, 15) is 4.79 Å². The lowest BCUT2D eigenvalue weighted by Crippen LogP contribution is -2.37. The molecule has 0 unspecified atom stereocenters. The fraction of sp³-hybridized carbons (Fsp3) is 0.615. The largest absolute Gasteiger partial charge is 0.341 e. The monoisotopic (exact) mass is 288 g/mol. The second-order valence-electron chi connectivity index (χ2n) is 4.81. The fourth-order valence-corrected chi connectivity index (χ4v) is 3.22. The smallest absolute Gasteiger partial charge is 0.263 e. The zero-order chi connectivity index (χ0) is 12.3. The molecule has 0 spiro atoms. The summed E-state index contributed by atoms with van der Waals surface area (Å²) in [6.07, 6.45) is 2.36. The van der Waals surface area contributed by atoms with Gasteiger partial charge in [0.25, 0.3) is 5.91 Å². The molecule has 0 bridgehead atoms. The number of hydrogen-bond donors (Lipinski definition) is 1. The molecule has 18 heavy (non-hydrogen) atoms. The molecule has 2 heterocycles. The van der Waals surface area contributed by atoms with E-state index < -0.39 is 0 Å². The van der Waals surface area contributed by atoms with Crippen LogP contribution in [0.25, 0.3) is 0 Å². The molecule has 0 aromatic carbocycles. The lowest BCUT2D eigenvalue weighted by atomic mass is 9.97. The van der Waals surface area contributed by atoms with Crippen molar-refractivity contribution in [1.82, 2.24) is 10.2 Å². The number of carbonyl (C=O) groups is 1. The lowest BCUT2D eigenvalue weighted by molar-refractivity contribution is 0.0767. The van der Waals surface area contributed by atoms with E-state index in [1.54, 1.807) is 11.3 Å². The van der Waals surface area contributed by atoms with Crippen LogP contribution in [0, 0.1) is 12.8 Å². The highest BCUT2D eigenvalue weighted by Gasteiger charge is 2.20. The molecule has 1 aromatic heterocycles. The molecular formula is C13H21ClN2OS. The van der Waals surface area contributed by atoms with Crippen LogP contribution >= 0.6 is 23.7 Å². The molecule has 0 saturated carbocycles. The van der Waals surface area contributed by atoms with Crippen LogP contribution in [0.4, 0.5) is 0 Å². The predicted octanol–water partition coefficient (Wildman–Crippen LogP) is 2.55. The third-order valence-electron chi connectivity index (χ3n) is 3.39. The maximum Gasteiger partial charge on any atom is 0.263 e. The zero-order valence-electron chi connectivity index (χ0n) is 10.9. The van der Waals surface area contributed by atoms with Crippen molar-refractivity contribution in [1.29, 1.82) is 0 Å². The Kier molecular flexibility index (Phi) is 6.12. The first-order valence-electron chi connectivity index (χ1n) is 6.18. The number of thiophene rings is 1. The van der Waals surface area contributed by atoms with Crippen molar-refractivity contribution in [2.75, 3.05) is 26.7 Å². The van der Waals surface area contributed by atoms with Crippen molar-refractivity contribution >= 4 is 29.7 Å². The predicted molar refractivity (Wildman–Crippen MR) is 78.9 cm³/mol. The van der Waals surface area contributed by atoms with Gasteiger partial charge in [0.1, 0.15) is 0 Å². The Morgan fingerprint density at radius 1 is 1.50 bits per heavy atom. The Bertz CT molecular complexity index is 388. The normalized spacial score (nSPS) is 16.1. The zero-order valence-corrected chi connectivity index (χ0v) is 12.6. The lowest BCUT2D eigenvalue weighted by Gasteiger charge is -2.27. The van der Waals surface area contributed by atoms with Crippen LogP contribution < -0.4 is 5.32 Å². The summed E-state index contributed by atoms with van der Waals surface area (Å²) in [5.74, 6) is 0.835. The third kappa shape index (κ3) is 3.70. The number of halogens is 1. The summed E-state index contributed by atoms with van der Waals surface area (Å²) in [6, 6.07) is 2.01. The van der Waals surface area contributed by atoms with Crippen molar-refractivity contribution in [3.8, 4) is 0 Å². The number of hydrogen-bond acceptors (Lipinski definition) is 3. The van der Waals surface area contributed by atoms with Gasteiger partial charge in [0.2, 0.25) is 0 Å². The van der Waals surface area contributed by atoms with Gasteiger partial charge in [-0.15, -0.1) is 23.7 Å². The van der Waals surface area contributed by atoms with Crippen molar-refractivity contribution in [2.45, 2.75) is 19.8 Å². The summed E-state index contributed by atoms with van der Waals surface area (Å²) in [6.45, 7) is 5.06. The third-order valence-corrected chi connectivity index (χ3v) is 4.40. The Labute approximate surface area is 119 Å². The van der Waals surface area contributed by atoms with E-state index in [0.29, 0.717) is 5.92 Å². The Morgan fingerprint density at radius 2 is 2.17 bits per heavy atom. The van der Waals surface area contributed by atoms with Crippen molar-refractivity contribution < 1.29 is 4.79 Å². The molecular weight excluding hydrogens is 268 g/mol. The van der Waals surface area contributed by atoms with Gasteiger partial charge in [0.15, 0.2) is 0 Å². The first-order chi connectivity index (χ1) is 8.18. The minimum atomic E-state index is 0. The highest BCUT2D eigenvalue weighted by atomic mass is 35.5. The second-order valence-corrected chi connectivity index (χ2v) is 5.73. The van der Waals surface area contributed by atoms with Crippen LogP contribution in [-0.4, -0.2) is 37.5 Å². The van der Waals surface area contributed by atoms with Crippen LogP contribution in [0.15, 0.2) is 11.4 Å². The molecule has 1 amide bonds. The summed E-state index contributed by atoms with van der Waals surface area (Å²) in [5.41, 5.74) is 1.09. The average Bonchev–Trinajstić information content (AvgIpc) is 2.76. The van der Waals surface area contributed by atoms with Crippen LogP contribution in [0.2, 0.25) is 0 Å². The summed E-state index contributed by atoms with van der Waals surface area (Å²) < 4.78 is 0. The number of aryl methyl sites for hydroxylation is 1. The topological polar surface area (TPSA) is 32.3 Å². The minimum absolute atomic E-state index is 0. The van der Waals surface area contributed by atoms with E-state index in [1.165, 1.54) is 12.8 Å². The van der Waals surface area contributed by atoms with E-state index >= 15 is 0 Å². The van der Waals surface area contributed by atoms with Gasteiger partial charge in [-0.3, -0.25) is 4.79 Å². The molecule has 1 aliphatic rings. The Balaban J connectivity index is 0.00000162. The maximum absolute atomic E-state index is 12.2. The Hall–Kier alpha value is -0.580. The molecule has 1 fully saturated rings. The average molecular weight is 289 g/mol. The summed E-state index contributed by atoms with van der Waals surface area (Å²) in [7, 11) is 1.92. The quantitative estimate of drug-likeness (QED) is 0.927. The molecule has 0 radical (unpaired) electrons. The van der Waals surface area contributed by atoms with E-state index in [-0.39, 0.29) is 18.3 Å². The highest BCUT2D eigenvalue weighted by molar-refractivity contribution is 7.12. The van der Waals surface area contributed by atoms with E-state index in [1.807, 2.05) is 30.3 Å². The molecule has 2 rings (SSSR count). The fourth-order valence-electron chi connectivity index (χ4n) is 2.30. The number of carbonyl (C=O) groups excluding carboxylic acids is 1. The van der Waals surface area contributed by atoms with Gasteiger partial charge >= 0.3 is 0 Å². The van der Waals surface area contributed by atoms with Gasteiger partial charge in [0.05, 0.1) is 4.88 Å². The standard InChI is InChI=1S/C13H20N2OS.ClH/c1-10-5-8-17-12(10)13(16)15(2)9-11-3-6-14-7-4-11;/h5,8,11,14H,3-4,6-7,9H2,1-2H3;1H. The van der Waals surface area contributed by atoms with E-state index in [0.717, 1.165) is 30.1 Å². The number of piperidine rings is 1. The van der Waals surface area contributed by atoms with Gasteiger partial charge in [-0.2, -0.15) is 0 Å². The van der Waals surface area contributed by atoms with E-state index in [2.05, 4.69) is 5.32 Å². The molecule has 1 saturated heterocycles. The van der Waals surface area contributed by atoms with Gasteiger partial charge in [-0.05, 0) is 55.8 Å². The highest BCUT2D eigenvalue weighted by Crippen LogP contribution is 2.19.